The molecule has 1 aromatic carbocycles. The molecule has 1 heterocycles. The van der Waals surface area contributed by atoms with Crippen LogP contribution in [0.2, 0.25) is 0 Å². The molecule has 0 aromatic heterocycles. The van der Waals surface area contributed by atoms with Crippen LogP contribution in [0.15, 0.2) is 18.2 Å². The van der Waals surface area contributed by atoms with Gasteiger partial charge in [0.2, 0.25) is 0 Å². The van der Waals surface area contributed by atoms with Gasteiger partial charge in [0.25, 0.3) is 0 Å². The lowest BCUT2D eigenvalue weighted by atomic mass is 9.83. The lowest BCUT2D eigenvalue weighted by molar-refractivity contribution is 0.308. The summed E-state index contributed by atoms with van der Waals surface area (Å²) in [6, 6.07) is 6.93. The van der Waals surface area contributed by atoms with Crippen molar-refractivity contribution in [2.24, 2.45) is 0 Å². The monoisotopic (exact) mass is 201 g/mol. The summed E-state index contributed by atoms with van der Waals surface area (Å²) in [6.07, 6.45) is 6.83. The first-order valence-corrected chi connectivity index (χ1v) is 6.11. The highest BCUT2D eigenvalue weighted by Crippen LogP contribution is 2.36. The normalized spacial score (nSPS) is 23.0. The maximum atomic E-state index is 3.78. The summed E-state index contributed by atoms with van der Waals surface area (Å²) in [6.45, 7) is 3.26. The Bertz CT molecular complexity index is 375. The van der Waals surface area contributed by atoms with Crippen LogP contribution in [0.3, 0.4) is 0 Å². The van der Waals surface area contributed by atoms with Gasteiger partial charge in [0.1, 0.15) is 0 Å². The van der Waals surface area contributed by atoms with Crippen molar-refractivity contribution in [3.05, 3.63) is 34.9 Å². The molecule has 1 saturated carbocycles. The highest BCUT2D eigenvalue weighted by Gasteiger charge is 2.36. The summed E-state index contributed by atoms with van der Waals surface area (Å²) in [5.41, 5.74) is 4.95. The first-order chi connectivity index (χ1) is 7.27. The Hall–Kier alpha value is -0.820. The van der Waals surface area contributed by atoms with E-state index in [1.54, 1.807) is 5.56 Å². The molecule has 0 atom stereocenters. The molecule has 3 rings (SSSR count). The largest absolute Gasteiger partial charge is 0.307 e. The molecule has 0 saturated heterocycles. The van der Waals surface area contributed by atoms with Gasteiger partial charge in [-0.05, 0) is 37.3 Å². The van der Waals surface area contributed by atoms with Crippen molar-refractivity contribution >= 4 is 0 Å². The summed E-state index contributed by atoms with van der Waals surface area (Å²) < 4.78 is 0. The zero-order valence-corrected chi connectivity index (χ0v) is 9.47. The topological polar surface area (TPSA) is 12.0 Å². The Balaban J connectivity index is 1.93. The third-order valence-corrected chi connectivity index (χ3v) is 4.11. The van der Waals surface area contributed by atoms with E-state index in [0.717, 1.165) is 6.54 Å². The third kappa shape index (κ3) is 1.59. The average molecular weight is 201 g/mol. The number of hydrogen-bond donors (Lipinski definition) is 1. The van der Waals surface area contributed by atoms with E-state index in [0.29, 0.717) is 5.54 Å². The van der Waals surface area contributed by atoms with Crippen molar-refractivity contribution in [3.63, 3.8) is 0 Å². The first kappa shape index (κ1) is 9.41. The zero-order valence-electron chi connectivity index (χ0n) is 9.47. The van der Waals surface area contributed by atoms with Gasteiger partial charge in [0.05, 0.1) is 0 Å². The Morgan fingerprint density at radius 1 is 1.13 bits per heavy atom. The third-order valence-electron chi connectivity index (χ3n) is 4.11. The second-order valence-electron chi connectivity index (χ2n) is 5.29. The summed E-state index contributed by atoms with van der Waals surface area (Å²) in [5.74, 6) is 0. The lowest BCUT2D eigenvalue weighted by Gasteiger charge is -2.36. The van der Waals surface area contributed by atoms with Crippen LogP contribution in [0, 0.1) is 6.92 Å². The molecule has 1 aliphatic heterocycles. The maximum Gasteiger partial charge on any atom is 0.0225 e. The van der Waals surface area contributed by atoms with Crippen molar-refractivity contribution in [2.45, 2.75) is 51.1 Å². The van der Waals surface area contributed by atoms with Gasteiger partial charge in [-0.15, -0.1) is 0 Å². The minimum atomic E-state index is 0.461. The van der Waals surface area contributed by atoms with Gasteiger partial charge >= 0.3 is 0 Å². The Kier molecular flexibility index (Phi) is 2.10. The molecule has 1 spiro atoms. The fourth-order valence-electron chi connectivity index (χ4n) is 3.21. The predicted molar refractivity (Wildman–Crippen MR) is 62.9 cm³/mol. The van der Waals surface area contributed by atoms with Gasteiger partial charge in [0, 0.05) is 12.1 Å². The molecule has 1 aromatic rings. The molecule has 1 N–H and O–H groups in total. The van der Waals surface area contributed by atoms with Crippen LogP contribution < -0.4 is 5.32 Å². The van der Waals surface area contributed by atoms with Crippen LogP contribution in [0.4, 0.5) is 0 Å². The van der Waals surface area contributed by atoms with Crippen LogP contribution in [-0.2, 0) is 13.0 Å². The number of benzene rings is 1. The maximum absolute atomic E-state index is 3.78. The quantitative estimate of drug-likeness (QED) is 0.680. The fourth-order valence-corrected chi connectivity index (χ4v) is 3.21. The van der Waals surface area contributed by atoms with E-state index in [1.165, 1.54) is 43.2 Å². The Morgan fingerprint density at radius 3 is 2.73 bits per heavy atom. The van der Waals surface area contributed by atoms with E-state index in [9.17, 15) is 0 Å². The minimum absolute atomic E-state index is 0.461. The van der Waals surface area contributed by atoms with Crippen molar-refractivity contribution in [3.8, 4) is 0 Å². The molecule has 1 nitrogen and oxygen atoms in total. The van der Waals surface area contributed by atoms with Gasteiger partial charge < -0.3 is 5.32 Å². The van der Waals surface area contributed by atoms with Crippen LogP contribution in [0.25, 0.3) is 0 Å². The standard InChI is InChI=1S/C14H19N/c1-11-4-5-12-9-14(6-2-3-7-14)15-10-13(12)8-11/h4-5,8,15H,2-3,6-7,9-10H2,1H3. The molecule has 1 fully saturated rings. The summed E-state index contributed by atoms with van der Waals surface area (Å²) in [7, 11) is 0. The van der Waals surface area contributed by atoms with Gasteiger partial charge in [-0.2, -0.15) is 0 Å². The zero-order chi connectivity index (χ0) is 10.3. The molecular formula is C14H19N. The van der Waals surface area contributed by atoms with Gasteiger partial charge in [-0.3, -0.25) is 0 Å². The molecule has 0 radical (unpaired) electrons. The van der Waals surface area contributed by atoms with Crippen LogP contribution >= 0.6 is 0 Å². The first-order valence-electron chi connectivity index (χ1n) is 6.11. The molecule has 80 valence electrons. The molecule has 1 aliphatic carbocycles. The highest BCUT2D eigenvalue weighted by molar-refractivity contribution is 5.35. The van der Waals surface area contributed by atoms with Gasteiger partial charge in [-0.1, -0.05) is 36.6 Å². The van der Waals surface area contributed by atoms with Crippen molar-refractivity contribution in [2.75, 3.05) is 0 Å². The number of aryl methyl sites for hydroxylation is 1. The van der Waals surface area contributed by atoms with Crippen molar-refractivity contribution < 1.29 is 0 Å². The molecule has 2 aliphatic rings. The number of hydrogen-bond acceptors (Lipinski definition) is 1. The van der Waals surface area contributed by atoms with Crippen LogP contribution in [-0.4, -0.2) is 5.54 Å². The van der Waals surface area contributed by atoms with E-state index < -0.39 is 0 Å². The minimum Gasteiger partial charge on any atom is -0.307 e. The van der Waals surface area contributed by atoms with Crippen LogP contribution in [0.5, 0.6) is 0 Å². The second kappa shape index (κ2) is 3.34. The molecule has 1 heteroatoms. The Labute approximate surface area is 91.9 Å². The fraction of sp³-hybridized carbons (Fsp3) is 0.571. The van der Waals surface area contributed by atoms with Crippen LogP contribution in [0.1, 0.15) is 42.4 Å². The average Bonchev–Trinajstić information content (AvgIpc) is 2.67. The predicted octanol–water partition coefficient (Wildman–Crippen LogP) is 2.95. The second-order valence-corrected chi connectivity index (χ2v) is 5.29. The van der Waals surface area contributed by atoms with Gasteiger partial charge in [-0.25, -0.2) is 0 Å². The summed E-state index contributed by atoms with van der Waals surface area (Å²) in [5, 5.41) is 3.78. The number of nitrogens with one attached hydrogen (secondary N) is 1. The van der Waals surface area contributed by atoms with Crippen molar-refractivity contribution in [1.82, 2.24) is 5.32 Å². The van der Waals surface area contributed by atoms with Crippen molar-refractivity contribution in [1.29, 1.82) is 0 Å². The molecule has 0 bridgehead atoms. The number of fused-ring (bicyclic) bond motifs is 1. The van der Waals surface area contributed by atoms with E-state index in [2.05, 4.69) is 30.4 Å². The van der Waals surface area contributed by atoms with E-state index in [4.69, 9.17) is 0 Å². The lowest BCUT2D eigenvalue weighted by Crippen LogP contribution is -2.47. The summed E-state index contributed by atoms with van der Waals surface area (Å²) in [4.78, 5) is 0. The Morgan fingerprint density at radius 2 is 1.93 bits per heavy atom. The number of rotatable bonds is 0. The van der Waals surface area contributed by atoms with E-state index in [-0.39, 0.29) is 0 Å². The molecule has 0 unspecified atom stereocenters. The smallest absolute Gasteiger partial charge is 0.0225 e. The molecule has 15 heavy (non-hydrogen) atoms. The van der Waals surface area contributed by atoms with Gasteiger partial charge in [0.15, 0.2) is 0 Å². The summed E-state index contributed by atoms with van der Waals surface area (Å²) >= 11 is 0. The SMILES string of the molecule is Cc1ccc2c(c1)CNC1(CCCC1)C2. The van der Waals surface area contributed by atoms with E-state index in [1.807, 2.05) is 0 Å². The highest BCUT2D eigenvalue weighted by atomic mass is 15.0. The molecular weight excluding hydrogens is 182 g/mol. The molecule has 0 amide bonds. The van der Waals surface area contributed by atoms with E-state index >= 15 is 0 Å².